The van der Waals surface area contributed by atoms with E-state index in [0.717, 1.165) is 4.88 Å². The van der Waals surface area contributed by atoms with E-state index >= 15 is 0 Å². The lowest BCUT2D eigenvalue weighted by molar-refractivity contribution is -0.384. The second kappa shape index (κ2) is 4.65. The molecular formula is C11H8N4O3S. The van der Waals surface area contributed by atoms with Crippen molar-refractivity contribution in [3.63, 3.8) is 0 Å². The Morgan fingerprint density at radius 3 is 3.11 bits per heavy atom. The van der Waals surface area contributed by atoms with Crippen LogP contribution < -0.4 is 5.32 Å². The van der Waals surface area contributed by atoms with Crippen molar-refractivity contribution in [1.82, 2.24) is 9.97 Å². The third-order valence-corrected chi connectivity index (χ3v) is 3.26. The topological polar surface area (TPSA) is 94.1 Å². The van der Waals surface area contributed by atoms with Crippen molar-refractivity contribution in [3.8, 4) is 0 Å². The number of fused-ring (bicyclic) bond motifs is 1. The van der Waals surface area contributed by atoms with Crippen molar-refractivity contribution in [3.05, 3.63) is 44.9 Å². The summed E-state index contributed by atoms with van der Waals surface area (Å²) < 4.78 is 5.41. The van der Waals surface area contributed by atoms with Crippen molar-refractivity contribution < 1.29 is 9.34 Å². The number of aromatic nitrogens is 2. The van der Waals surface area contributed by atoms with Crippen LogP contribution in [0.15, 0.2) is 34.3 Å². The smallest absolute Gasteiger partial charge is 0.295 e. The molecule has 0 bridgehead atoms. The maximum absolute atomic E-state index is 10.7. The van der Waals surface area contributed by atoms with Crippen molar-refractivity contribution in [2.45, 2.75) is 6.54 Å². The first kappa shape index (κ1) is 11.6. The molecule has 19 heavy (non-hydrogen) atoms. The molecule has 0 fully saturated rings. The average molecular weight is 276 g/mol. The molecule has 0 spiro atoms. The zero-order chi connectivity index (χ0) is 13.2. The minimum absolute atomic E-state index is 0.0161. The van der Waals surface area contributed by atoms with Crippen LogP contribution in [0, 0.1) is 10.1 Å². The Labute approximate surface area is 111 Å². The number of benzene rings is 1. The Bertz CT molecular complexity index is 723. The molecule has 7 nitrogen and oxygen atoms in total. The summed E-state index contributed by atoms with van der Waals surface area (Å²) in [6.45, 7) is 0.555. The largest absolute Gasteiger partial charge is 0.423 e. The van der Waals surface area contributed by atoms with Crippen LogP contribution >= 0.6 is 11.3 Å². The van der Waals surface area contributed by atoms with E-state index in [-0.39, 0.29) is 5.69 Å². The number of hydrogen-bond acceptors (Lipinski definition) is 7. The molecule has 96 valence electrons. The number of nitro benzene ring substituents is 1. The van der Waals surface area contributed by atoms with Gasteiger partial charge in [-0.15, -0.1) is 11.3 Å². The first-order valence-corrected chi connectivity index (χ1v) is 6.26. The van der Waals surface area contributed by atoms with E-state index in [2.05, 4.69) is 15.3 Å². The number of anilines is 1. The van der Waals surface area contributed by atoms with Gasteiger partial charge in [-0.2, -0.15) is 4.98 Å². The van der Waals surface area contributed by atoms with E-state index in [1.165, 1.54) is 23.5 Å². The van der Waals surface area contributed by atoms with Crippen molar-refractivity contribution in [2.75, 3.05) is 5.32 Å². The number of oxazole rings is 1. The Balaban J connectivity index is 1.83. The second-order valence-corrected chi connectivity index (χ2v) is 4.72. The molecule has 0 radical (unpaired) electrons. The van der Waals surface area contributed by atoms with Crippen LogP contribution in [0.1, 0.15) is 4.88 Å². The quantitative estimate of drug-likeness (QED) is 0.581. The molecule has 0 amide bonds. The minimum atomic E-state index is -0.466. The number of nitro groups is 1. The van der Waals surface area contributed by atoms with E-state index < -0.39 is 4.92 Å². The summed E-state index contributed by atoms with van der Waals surface area (Å²) in [4.78, 5) is 19.4. The SMILES string of the molecule is O=[N+]([O-])c1ccc2nc(NCc3cncs3)oc2c1. The summed E-state index contributed by atoms with van der Waals surface area (Å²) in [6, 6.07) is 4.66. The molecule has 0 atom stereocenters. The van der Waals surface area contributed by atoms with Crippen LogP contribution in [-0.2, 0) is 6.54 Å². The third-order valence-electron chi connectivity index (χ3n) is 2.48. The molecule has 0 unspecified atom stereocenters. The van der Waals surface area contributed by atoms with Crippen molar-refractivity contribution in [1.29, 1.82) is 0 Å². The van der Waals surface area contributed by atoms with Gasteiger partial charge in [-0.1, -0.05) is 0 Å². The van der Waals surface area contributed by atoms with Gasteiger partial charge in [-0.25, -0.2) is 0 Å². The van der Waals surface area contributed by atoms with Crippen LogP contribution in [0.25, 0.3) is 11.1 Å². The van der Waals surface area contributed by atoms with Gasteiger partial charge in [-0.05, 0) is 6.07 Å². The summed E-state index contributed by atoms with van der Waals surface area (Å²) in [5.74, 6) is 0. The van der Waals surface area contributed by atoms with Crippen LogP contribution in [0.5, 0.6) is 0 Å². The fourth-order valence-corrected chi connectivity index (χ4v) is 2.13. The van der Waals surface area contributed by atoms with E-state index in [1.54, 1.807) is 17.8 Å². The lowest BCUT2D eigenvalue weighted by atomic mass is 10.3. The molecule has 8 heteroatoms. The lowest BCUT2D eigenvalue weighted by Crippen LogP contribution is -1.96. The van der Waals surface area contributed by atoms with Crippen LogP contribution in [0.4, 0.5) is 11.7 Å². The predicted octanol–water partition coefficient (Wildman–Crippen LogP) is 2.80. The molecule has 3 rings (SSSR count). The molecule has 0 saturated carbocycles. The number of hydrogen-bond donors (Lipinski definition) is 1. The normalized spacial score (nSPS) is 10.7. The molecular weight excluding hydrogens is 268 g/mol. The highest BCUT2D eigenvalue weighted by Crippen LogP contribution is 2.24. The monoisotopic (exact) mass is 276 g/mol. The standard InChI is InChI=1S/C11H8N4O3S/c16-15(17)7-1-2-9-10(3-7)18-11(14-9)13-5-8-4-12-6-19-8/h1-4,6H,5H2,(H,13,14). The number of rotatable bonds is 4. The van der Waals surface area contributed by atoms with Crippen molar-refractivity contribution >= 4 is 34.1 Å². The maximum Gasteiger partial charge on any atom is 0.295 e. The summed E-state index contributed by atoms with van der Waals surface area (Å²) in [7, 11) is 0. The van der Waals surface area contributed by atoms with E-state index in [0.29, 0.717) is 23.7 Å². The Morgan fingerprint density at radius 1 is 1.47 bits per heavy atom. The highest BCUT2D eigenvalue weighted by molar-refractivity contribution is 7.09. The van der Waals surface area contributed by atoms with Gasteiger partial charge in [0.05, 0.1) is 23.0 Å². The van der Waals surface area contributed by atoms with E-state index in [4.69, 9.17) is 4.42 Å². The van der Waals surface area contributed by atoms with Crippen LogP contribution in [0.3, 0.4) is 0 Å². The molecule has 0 aliphatic rings. The summed E-state index contributed by atoms with van der Waals surface area (Å²) >= 11 is 1.52. The van der Waals surface area contributed by atoms with Gasteiger partial charge in [0.1, 0.15) is 5.52 Å². The summed E-state index contributed by atoms with van der Waals surface area (Å²) in [5, 5.41) is 13.7. The van der Waals surface area contributed by atoms with Gasteiger partial charge < -0.3 is 9.73 Å². The molecule has 2 heterocycles. The molecule has 0 saturated heterocycles. The highest BCUT2D eigenvalue weighted by atomic mass is 32.1. The maximum atomic E-state index is 10.7. The second-order valence-electron chi connectivity index (χ2n) is 3.75. The molecule has 1 aromatic carbocycles. The number of non-ortho nitro benzene ring substituents is 1. The molecule has 0 aliphatic carbocycles. The molecule has 1 N–H and O–H groups in total. The van der Waals surface area contributed by atoms with Crippen LogP contribution in [0.2, 0.25) is 0 Å². The van der Waals surface area contributed by atoms with Crippen LogP contribution in [-0.4, -0.2) is 14.9 Å². The lowest BCUT2D eigenvalue weighted by Gasteiger charge is -1.96. The Kier molecular flexibility index (Phi) is 2.84. The zero-order valence-electron chi connectivity index (χ0n) is 9.57. The number of thiazole rings is 1. The Hall–Kier alpha value is -2.48. The molecule has 2 aromatic heterocycles. The number of nitrogens with zero attached hydrogens (tertiary/aromatic N) is 3. The summed E-state index contributed by atoms with van der Waals surface area (Å²) in [5.41, 5.74) is 2.70. The van der Waals surface area contributed by atoms with Gasteiger partial charge >= 0.3 is 0 Å². The minimum Gasteiger partial charge on any atom is -0.423 e. The Morgan fingerprint density at radius 2 is 2.37 bits per heavy atom. The predicted molar refractivity (Wildman–Crippen MR) is 70.1 cm³/mol. The van der Waals surface area contributed by atoms with E-state index in [1.807, 2.05) is 0 Å². The van der Waals surface area contributed by atoms with Gasteiger partial charge in [-0.3, -0.25) is 15.1 Å². The van der Waals surface area contributed by atoms with Gasteiger partial charge in [0, 0.05) is 17.1 Å². The zero-order valence-corrected chi connectivity index (χ0v) is 10.4. The van der Waals surface area contributed by atoms with Gasteiger partial charge in [0.15, 0.2) is 5.58 Å². The van der Waals surface area contributed by atoms with E-state index in [9.17, 15) is 10.1 Å². The fraction of sp³-hybridized carbons (Fsp3) is 0.0909. The number of nitrogens with one attached hydrogen (secondary N) is 1. The molecule has 0 aliphatic heterocycles. The van der Waals surface area contributed by atoms with Crippen molar-refractivity contribution in [2.24, 2.45) is 0 Å². The first-order valence-electron chi connectivity index (χ1n) is 5.38. The first-order chi connectivity index (χ1) is 9.22. The average Bonchev–Trinajstić information content (AvgIpc) is 3.04. The van der Waals surface area contributed by atoms with Gasteiger partial charge in [0.2, 0.25) is 0 Å². The third kappa shape index (κ3) is 2.38. The highest BCUT2D eigenvalue weighted by Gasteiger charge is 2.11. The molecule has 3 aromatic rings. The fourth-order valence-electron chi connectivity index (χ4n) is 1.59. The summed E-state index contributed by atoms with van der Waals surface area (Å²) in [6.07, 6.45) is 1.76. The van der Waals surface area contributed by atoms with Gasteiger partial charge in [0.25, 0.3) is 11.7 Å².